The second-order valence-corrected chi connectivity index (χ2v) is 14.5. The Morgan fingerprint density at radius 1 is 0.933 bits per heavy atom. The van der Waals surface area contributed by atoms with E-state index in [0.29, 0.717) is 41.7 Å². The standard InChI is InChI=1S/C38H51N3O4/c1-36(2,3)26-37(4)27-38(37,5)35(40)44-23-15-13-11-9-7-6-8-10-12-14-22-43-32-21-20-30-24-31(34(42)45-33(30)41-32)29-18-16-28(25-39)17-19-29/h16-21,24,40H,6-15,22-23,26-27H2,1-5H3. The molecule has 1 aromatic carbocycles. The summed E-state index contributed by atoms with van der Waals surface area (Å²) in [6, 6.07) is 14.3. The van der Waals surface area contributed by atoms with Crippen molar-refractivity contribution in [2.75, 3.05) is 13.2 Å². The molecule has 1 N–H and O–H groups in total. The first-order valence-electron chi connectivity index (χ1n) is 16.7. The third kappa shape index (κ3) is 9.42. The van der Waals surface area contributed by atoms with Crippen LogP contribution in [0.5, 0.6) is 5.88 Å². The molecule has 0 radical (unpaired) electrons. The number of rotatable bonds is 17. The maximum absolute atomic E-state index is 12.6. The summed E-state index contributed by atoms with van der Waals surface area (Å²) in [5.41, 5.74) is 1.86. The van der Waals surface area contributed by atoms with Crippen LogP contribution in [0.3, 0.4) is 0 Å². The fourth-order valence-corrected chi connectivity index (χ4v) is 6.64. The van der Waals surface area contributed by atoms with Gasteiger partial charge in [0.25, 0.3) is 0 Å². The van der Waals surface area contributed by atoms with Crippen molar-refractivity contribution in [2.45, 2.75) is 112 Å². The van der Waals surface area contributed by atoms with E-state index in [9.17, 15) is 4.79 Å². The van der Waals surface area contributed by atoms with Gasteiger partial charge in [0, 0.05) is 16.9 Å². The van der Waals surface area contributed by atoms with Crippen molar-refractivity contribution in [3.63, 3.8) is 0 Å². The van der Waals surface area contributed by atoms with Gasteiger partial charge in [-0.15, -0.1) is 0 Å². The summed E-state index contributed by atoms with van der Waals surface area (Å²) < 4.78 is 17.2. The summed E-state index contributed by atoms with van der Waals surface area (Å²) >= 11 is 0. The van der Waals surface area contributed by atoms with Crippen LogP contribution in [-0.2, 0) is 4.74 Å². The molecule has 7 heteroatoms. The van der Waals surface area contributed by atoms with E-state index < -0.39 is 5.63 Å². The average molecular weight is 614 g/mol. The molecule has 1 fully saturated rings. The minimum atomic E-state index is -0.468. The number of benzene rings is 1. The highest BCUT2D eigenvalue weighted by atomic mass is 16.5. The summed E-state index contributed by atoms with van der Waals surface area (Å²) in [6.07, 6.45) is 14.0. The lowest BCUT2D eigenvalue weighted by Gasteiger charge is -2.27. The maximum atomic E-state index is 12.6. The fourth-order valence-electron chi connectivity index (χ4n) is 6.64. The Hall–Kier alpha value is -3.66. The third-order valence-electron chi connectivity index (χ3n) is 9.31. The normalized spacial score (nSPS) is 19.3. The Balaban J connectivity index is 1.02. The quantitative estimate of drug-likeness (QED) is 0.0922. The number of aromatic nitrogens is 1. The van der Waals surface area contributed by atoms with Crippen LogP contribution in [0.1, 0.15) is 117 Å². The number of hydrogen-bond acceptors (Lipinski definition) is 7. The van der Waals surface area contributed by atoms with Crippen molar-refractivity contribution in [1.29, 1.82) is 10.7 Å². The number of nitrogens with one attached hydrogen (secondary N) is 1. The van der Waals surface area contributed by atoms with Gasteiger partial charge in [-0.3, -0.25) is 5.41 Å². The molecule has 1 aliphatic carbocycles. The second kappa shape index (κ2) is 15.1. The Bertz CT molecular complexity index is 1530. The van der Waals surface area contributed by atoms with Crippen LogP contribution in [0.4, 0.5) is 0 Å². The predicted octanol–water partition coefficient (Wildman–Crippen LogP) is 9.85. The lowest BCUT2D eigenvalue weighted by atomic mass is 9.79. The zero-order valence-electron chi connectivity index (χ0n) is 28.0. The molecule has 3 aromatic rings. The van der Waals surface area contributed by atoms with Gasteiger partial charge >= 0.3 is 5.63 Å². The van der Waals surface area contributed by atoms with Crippen LogP contribution in [0.2, 0.25) is 0 Å². The predicted molar refractivity (Wildman–Crippen MR) is 181 cm³/mol. The average Bonchev–Trinajstić information content (AvgIpc) is 3.55. The lowest BCUT2D eigenvalue weighted by molar-refractivity contribution is 0.227. The lowest BCUT2D eigenvalue weighted by Crippen LogP contribution is -2.24. The minimum Gasteiger partial charge on any atom is -0.481 e. The molecule has 2 aromatic heterocycles. The van der Waals surface area contributed by atoms with Crippen molar-refractivity contribution in [2.24, 2.45) is 16.2 Å². The molecule has 0 amide bonds. The molecule has 2 unspecified atom stereocenters. The molecule has 0 aliphatic heterocycles. The topological polar surface area (TPSA) is 109 Å². The number of ether oxygens (including phenoxy) is 2. The molecule has 1 aliphatic rings. The van der Waals surface area contributed by atoms with Gasteiger partial charge in [-0.1, -0.05) is 98.1 Å². The van der Waals surface area contributed by atoms with Crippen LogP contribution < -0.4 is 10.4 Å². The molecule has 2 heterocycles. The molecule has 2 atom stereocenters. The van der Waals surface area contributed by atoms with Crippen molar-refractivity contribution in [3.8, 4) is 23.1 Å². The highest BCUT2D eigenvalue weighted by molar-refractivity contribution is 5.84. The molecule has 0 saturated heterocycles. The molecular formula is C38H51N3O4. The van der Waals surface area contributed by atoms with Gasteiger partial charge in [-0.2, -0.15) is 10.2 Å². The monoisotopic (exact) mass is 613 g/mol. The third-order valence-corrected chi connectivity index (χ3v) is 9.31. The van der Waals surface area contributed by atoms with E-state index >= 15 is 0 Å². The molecule has 7 nitrogen and oxygen atoms in total. The van der Waals surface area contributed by atoms with E-state index in [1.807, 2.05) is 6.07 Å². The zero-order chi connectivity index (χ0) is 32.5. The van der Waals surface area contributed by atoms with Crippen molar-refractivity contribution >= 4 is 17.0 Å². The molecule has 4 rings (SSSR count). The second-order valence-electron chi connectivity index (χ2n) is 14.5. The number of unbranched alkanes of at least 4 members (excludes halogenated alkanes) is 9. The van der Waals surface area contributed by atoms with Gasteiger partial charge in [0.15, 0.2) is 5.90 Å². The summed E-state index contributed by atoms with van der Waals surface area (Å²) in [6.45, 7) is 12.6. The first kappa shape index (κ1) is 34.2. The molecular weight excluding hydrogens is 562 g/mol. The first-order valence-corrected chi connectivity index (χ1v) is 16.7. The van der Waals surface area contributed by atoms with E-state index in [2.05, 4.69) is 45.7 Å². The minimum absolute atomic E-state index is 0.0842. The van der Waals surface area contributed by atoms with E-state index in [1.54, 1.807) is 36.4 Å². The zero-order valence-corrected chi connectivity index (χ0v) is 28.0. The van der Waals surface area contributed by atoms with Gasteiger partial charge in [0.2, 0.25) is 11.6 Å². The van der Waals surface area contributed by atoms with Crippen molar-refractivity contribution in [3.05, 3.63) is 58.4 Å². The highest BCUT2D eigenvalue weighted by Crippen LogP contribution is 2.68. The van der Waals surface area contributed by atoms with Crippen LogP contribution in [0.15, 0.2) is 51.7 Å². The van der Waals surface area contributed by atoms with Gasteiger partial charge in [-0.25, -0.2) is 4.79 Å². The number of hydrogen-bond donors (Lipinski definition) is 1. The Morgan fingerprint density at radius 2 is 1.53 bits per heavy atom. The highest BCUT2D eigenvalue weighted by Gasteiger charge is 2.65. The van der Waals surface area contributed by atoms with E-state index in [-0.39, 0.29) is 22.0 Å². The first-order chi connectivity index (χ1) is 21.4. The van der Waals surface area contributed by atoms with Crippen LogP contribution in [0, 0.1) is 33.0 Å². The van der Waals surface area contributed by atoms with Crippen molar-refractivity contribution in [1.82, 2.24) is 4.98 Å². The SMILES string of the molecule is CC(C)(C)CC1(C)CC1(C)C(=N)OCCCCCCCCCCCCOc1ccc2cc(-c3ccc(C#N)cc3)c(=O)oc2n1. The fraction of sp³-hybridized carbons (Fsp3) is 0.579. The van der Waals surface area contributed by atoms with Gasteiger partial charge in [0.1, 0.15) is 0 Å². The largest absolute Gasteiger partial charge is 0.481 e. The molecule has 0 spiro atoms. The van der Waals surface area contributed by atoms with Crippen LogP contribution in [0.25, 0.3) is 22.2 Å². The summed E-state index contributed by atoms with van der Waals surface area (Å²) in [4.78, 5) is 16.9. The Kier molecular flexibility index (Phi) is 11.5. The van der Waals surface area contributed by atoms with Crippen molar-refractivity contribution < 1.29 is 13.9 Å². The van der Waals surface area contributed by atoms with Gasteiger partial charge < -0.3 is 13.9 Å². The summed E-state index contributed by atoms with van der Waals surface area (Å²) in [5, 5.41) is 18.2. The van der Waals surface area contributed by atoms with Crippen LogP contribution >= 0.6 is 0 Å². The number of nitriles is 1. The van der Waals surface area contributed by atoms with Gasteiger partial charge in [0.05, 0.1) is 30.4 Å². The molecule has 242 valence electrons. The van der Waals surface area contributed by atoms with E-state index in [4.69, 9.17) is 24.6 Å². The summed E-state index contributed by atoms with van der Waals surface area (Å²) in [5.74, 6) is 0.955. The summed E-state index contributed by atoms with van der Waals surface area (Å²) in [7, 11) is 0. The smallest absolute Gasteiger partial charge is 0.345 e. The van der Waals surface area contributed by atoms with E-state index in [0.717, 1.165) is 37.5 Å². The van der Waals surface area contributed by atoms with Gasteiger partial charge in [-0.05, 0) is 66.3 Å². The Labute approximate surface area is 268 Å². The van der Waals surface area contributed by atoms with E-state index in [1.165, 1.54) is 44.9 Å². The Morgan fingerprint density at radius 3 is 2.13 bits per heavy atom. The maximum Gasteiger partial charge on any atom is 0.345 e. The molecule has 45 heavy (non-hydrogen) atoms. The number of nitrogens with zero attached hydrogens (tertiary/aromatic N) is 2. The number of fused-ring (bicyclic) bond motifs is 1. The molecule has 1 saturated carbocycles. The van der Waals surface area contributed by atoms with Crippen LogP contribution in [-0.4, -0.2) is 24.1 Å². The number of pyridine rings is 1. The molecule has 0 bridgehead atoms.